The average molecular weight is 538 g/mol. The van der Waals surface area contributed by atoms with Crippen molar-refractivity contribution >= 4 is 48.9 Å². The molecule has 2 aromatic carbocycles. The molecule has 1 aliphatic rings. The van der Waals surface area contributed by atoms with Gasteiger partial charge in [0.2, 0.25) is 20.0 Å². The van der Waals surface area contributed by atoms with Crippen LogP contribution in [0.2, 0.25) is 10.0 Å². The minimum atomic E-state index is -3.84. The Balaban J connectivity index is 1.80. The third-order valence-electron chi connectivity index (χ3n) is 5.17. The summed E-state index contributed by atoms with van der Waals surface area (Å²) in [6.45, 7) is 1.40. The molecule has 1 saturated heterocycles. The highest BCUT2D eigenvalue weighted by molar-refractivity contribution is 7.89. The zero-order valence-electron chi connectivity index (χ0n) is 18.1. The fourth-order valence-corrected chi connectivity index (χ4v) is 6.63. The van der Waals surface area contributed by atoms with Crippen LogP contribution in [0.15, 0.2) is 46.2 Å². The van der Waals surface area contributed by atoms with Gasteiger partial charge in [0.05, 0.1) is 34.3 Å². The first-order valence-corrected chi connectivity index (χ1v) is 13.7. The van der Waals surface area contributed by atoms with Crippen molar-refractivity contribution < 1.29 is 26.3 Å². The summed E-state index contributed by atoms with van der Waals surface area (Å²) in [5, 5.41) is 0.153. The summed E-state index contributed by atoms with van der Waals surface area (Å²) in [7, 11) is -4.60. The van der Waals surface area contributed by atoms with Crippen molar-refractivity contribution in [3.8, 4) is 5.75 Å². The van der Waals surface area contributed by atoms with E-state index in [9.17, 15) is 16.8 Å². The number of methoxy groups -OCH3 is 2. The van der Waals surface area contributed by atoms with E-state index in [2.05, 4.69) is 4.72 Å². The molecule has 0 bridgehead atoms. The molecule has 0 aromatic heterocycles. The molecule has 33 heavy (non-hydrogen) atoms. The molecule has 1 aliphatic heterocycles. The minimum Gasteiger partial charge on any atom is -0.495 e. The van der Waals surface area contributed by atoms with Gasteiger partial charge >= 0.3 is 0 Å². The standard InChI is InChI=1S/C20H25Cl2N3O6S2/c1-30-13-8-23-32(26,27)15-6-7-18(31-2)17(14-15)24-9-11-25(12-10-24)33(28,29)19-5-3-4-16(21)20(19)22/h3-7,14,23H,8-13H2,1-2H3. The van der Waals surface area contributed by atoms with Crippen LogP contribution in [0.4, 0.5) is 5.69 Å². The lowest BCUT2D eigenvalue weighted by Crippen LogP contribution is -2.48. The van der Waals surface area contributed by atoms with Gasteiger partial charge in [-0.05, 0) is 30.3 Å². The molecule has 2 aromatic rings. The van der Waals surface area contributed by atoms with E-state index in [0.29, 0.717) is 24.5 Å². The fourth-order valence-electron chi connectivity index (χ4n) is 3.44. The number of rotatable bonds is 9. The minimum absolute atomic E-state index is 0.0119. The van der Waals surface area contributed by atoms with Gasteiger partial charge in [0.25, 0.3) is 0 Å². The fraction of sp³-hybridized carbons (Fsp3) is 0.400. The lowest BCUT2D eigenvalue weighted by molar-refractivity contribution is 0.204. The molecule has 1 fully saturated rings. The second-order valence-corrected chi connectivity index (χ2v) is 11.6. The van der Waals surface area contributed by atoms with Gasteiger partial charge in [-0.2, -0.15) is 4.31 Å². The van der Waals surface area contributed by atoms with E-state index in [1.807, 2.05) is 4.90 Å². The number of ether oxygens (including phenoxy) is 2. The molecule has 1 heterocycles. The number of anilines is 1. The maximum absolute atomic E-state index is 13.1. The van der Waals surface area contributed by atoms with E-state index in [1.54, 1.807) is 6.07 Å². The Morgan fingerprint density at radius 2 is 1.70 bits per heavy atom. The smallest absolute Gasteiger partial charge is 0.244 e. The van der Waals surface area contributed by atoms with Gasteiger partial charge in [-0.25, -0.2) is 21.6 Å². The summed E-state index contributed by atoms with van der Waals surface area (Å²) in [6, 6.07) is 9.04. The highest BCUT2D eigenvalue weighted by atomic mass is 35.5. The second kappa shape index (κ2) is 10.8. The summed E-state index contributed by atoms with van der Waals surface area (Å²) in [6.07, 6.45) is 0. The molecule has 0 saturated carbocycles. The number of hydrogen-bond donors (Lipinski definition) is 1. The lowest BCUT2D eigenvalue weighted by atomic mass is 10.2. The maximum Gasteiger partial charge on any atom is 0.244 e. The van der Waals surface area contributed by atoms with Crippen molar-refractivity contribution in [2.45, 2.75) is 9.79 Å². The first-order valence-electron chi connectivity index (χ1n) is 9.97. The number of nitrogens with one attached hydrogen (secondary N) is 1. The zero-order valence-corrected chi connectivity index (χ0v) is 21.3. The molecule has 0 unspecified atom stereocenters. The Kier molecular flexibility index (Phi) is 8.49. The molecule has 0 amide bonds. The third kappa shape index (κ3) is 5.73. The molecule has 0 atom stereocenters. The van der Waals surface area contributed by atoms with Crippen LogP contribution in [0.3, 0.4) is 0 Å². The Labute approximate surface area is 204 Å². The monoisotopic (exact) mass is 537 g/mol. The third-order valence-corrected chi connectivity index (χ3v) is 9.50. The summed E-state index contributed by atoms with van der Waals surface area (Å²) in [5.74, 6) is 0.486. The van der Waals surface area contributed by atoms with Crippen molar-refractivity contribution in [2.24, 2.45) is 0 Å². The zero-order chi connectivity index (χ0) is 24.2. The molecule has 9 nitrogen and oxygen atoms in total. The van der Waals surface area contributed by atoms with E-state index < -0.39 is 20.0 Å². The van der Waals surface area contributed by atoms with Crippen LogP contribution in [0.5, 0.6) is 5.75 Å². The molecule has 0 aliphatic carbocycles. The molecule has 1 N–H and O–H groups in total. The predicted molar refractivity (Wildman–Crippen MR) is 127 cm³/mol. The van der Waals surface area contributed by atoms with Crippen molar-refractivity contribution in [3.63, 3.8) is 0 Å². The number of piperazine rings is 1. The Morgan fingerprint density at radius 3 is 2.33 bits per heavy atom. The van der Waals surface area contributed by atoms with Crippen LogP contribution >= 0.6 is 23.2 Å². The van der Waals surface area contributed by atoms with Gasteiger partial charge in [-0.3, -0.25) is 0 Å². The molecular weight excluding hydrogens is 513 g/mol. The number of benzene rings is 2. The highest BCUT2D eigenvalue weighted by Crippen LogP contribution is 2.34. The van der Waals surface area contributed by atoms with Crippen LogP contribution in [0, 0.1) is 0 Å². The summed E-state index contributed by atoms with van der Waals surface area (Å²) >= 11 is 12.1. The van der Waals surface area contributed by atoms with E-state index in [4.69, 9.17) is 32.7 Å². The molecule has 0 radical (unpaired) electrons. The molecule has 3 rings (SSSR count). The lowest BCUT2D eigenvalue weighted by Gasteiger charge is -2.36. The second-order valence-electron chi connectivity index (χ2n) is 7.17. The number of hydrogen-bond acceptors (Lipinski definition) is 7. The summed E-state index contributed by atoms with van der Waals surface area (Å²) < 4.78 is 65.5. The molecule has 182 valence electrons. The van der Waals surface area contributed by atoms with Crippen LogP contribution < -0.4 is 14.4 Å². The van der Waals surface area contributed by atoms with Crippen LogP contribution in [0.25, 0.3) is 0 Å². The number of sulfonamides is 2. The maximum atomic E-state index is 13.1. The molecule has 0 spiro atoms. The predicted octanol–water partition coefficient (Wildman–Crippen LogP) is 2.44. The van der Waals surface area contributed by atoms with Gasteiger partial charge in [-0.1, -0.05) is 29.3 Å². The largest absolute Gasteiger partial charge is 0.495 e. The van der Waals surface area contributed by atoms with Crippen molar-refractivity contribution in [2.75, 3.05) is 58.5 Å². The van der Waals surface area contributed by atoms with Crippen LogP contribution in [-0.4, -0.2) is 74.7 Å². The molecule has 13 heteroatoms. The first kappa shape index (κ1) is 26.0. The summed E-state index contributed by atoms with van der Waals surface area (Å²) in [4.78, 5) is 1.92. The van der Waals surface area contributed by atoms with Gasteiger partial charge in [0.15, 0.2) is 0 Å². The van der Waals surface area contributed by atoms with Crippen molar-refractivity contribution in [1.82, 2.24) is 9.03 Å². The number of halogens is 2. The van der Waals surface area contributed by atoms with Gasteiger partial charge < -0.3 is 14.4 Å². The van der Waals surface area contributed by atoms with E-state index >= 15 is 0 Å². The van der Waals surface area contributed by atoms with Crippen LogP contribution in [0.1, 0.15) is 0 Å². The van der Waals surface area contributed by atoms with Crippen molar-refractivity contribution in [3.05, 3.63) is 46.4 Å². The van der Waals surface area contributed by atoms with E-state index in [-0.39, 0.29) is 46.1 Å². The van der Waals surface area contributed by atoms with Gasteiger partial charge in [0, 0.05) is 39.8 Å². The summed E-state index contributed by atoms with van der Waals surface area (Å²) in [5.41, 5.74) is 0.560. The Bertz CT molecular complexity index is 1200. The quantitative estimate of drug-likeness (QED) is 0.489. The van der Waals surface area contributed by atoms with Gasteiger partial charge in [-0.15, -0.1) is 0 Å². The van der Waals surface area contributed by atoms with Crippen molar-refractivity contribution in [1.29, 1.82) is 0 Å². The van der Waals surface area contributed by atoms with E-state index in [0.717, 1.165) is 0 Å². The average Bonchev–Trinajstić information content (AvgIpc) is 2.80. The number of nitrogens with zero attached hydrogens (tertiary/aromatic N) is 2. The molecular formula is C20H25Cl2N3O6S2. The SMILES string of the molecule is COCCNS(=O)(=O)c1ccc(OC)c(N2CCN(S(=O)(=O)c3cccc(Cl)c3Cl)CC2)c1. The van der Waals surface area contributed by atoms with Crippen LogP contribution in [-0.2, 0) is 24.8 Å². The Morgan fingerprint density at radius 1 is 1.00 bits per heavy atom. The normalized spacial score (nSPS) is 15.6. The topological polar surface area (TPSA) is 105 Å². The van der Waals surface area contributed by atoms with E-state index in [1.165, 1.54) is 48.9 Å². The highest BCUT2D eigenvalue weighted by Gasteiger charge is 2.31. The van der Waals surface area contributed by atoms with Gasteiger partial charge in [0.1, 0.15) is 10.6 Å². The Hall–Kier alpha value is -1.60. The first-order chi connectivity index (χ1) is 15.6.